The number of carbonyl (C=O) groups is 1. The lowest BCUT2D eigenvalue weighted by Gasteiger charge is -2.31. The van der Waals surface area contributed by atoms with Crippen LogP contribution in [0.4, 0.5) is 0 Å². The normalized spacial score (nSPS) is 24.1. The Labute approximate surface area is 143 Å². The van der Waals surface area contributed by atoms with E-state index in [2.05, 4.69) is 11.4 Å². The van der Waals surface area contributed by atoms with Gasteiger partial charge in [-0.2, -0.15) is 0 Å². The van der Waals surface area contributed by atoms with E-state index in [1.54, 1.807) is 7.11 Å². The van der Waals surface area contributed by atoms with E-state index < -0.39 is 0 Å². The molecule has 1 aromatic rings. The number of para-hydroxylation sites is 1. The lowest BCUT2D eigenvalue weighted by Crippen LogP contribution is -2.51. The highest BCUT2D eigenvalue weighted by molar-refractivity contribution is 5.85. The van der Waals surface area contributed by atoms with Crippen LogP contribution >= 0.6 is 12.4 Å². The summed E-state index contributed by atoms with van der Waals surface area (Å²) in [6, 6.07) is 8.30. The average Bonchev–Trinajstić information content (AvgIpc) is 3.03. The summed E-state index contributed by atoms with van der Waals surface area (Å²) in [6.07, 6.45) is 2.62. The van der Waals surface area contributed by atoms with Gasteiger partial charge < -0.3 is 19.7 Å². The van der Waals surface area contributed by atoms with Crippen molar-refractivity contribution in [1.29, 1.82) is 0 Å². The first kappa shape index (κ1) is 18.0. The molecule has 0 aliphatic carbocycles. The van der Waals surface area contributed by atoms with Crippen molar-refractivity contribution in [3.8, 4) is 5.75 Å². The summed E-state index contributed by atoms with van der Waals surface area (Å²) in [7, 11) is 1.69. The number of hydrogen-bond donors (Lipinski definition) is 1. The number of amides is 1. The maximum absolute atomic E-state index is 12.7. The number of benzene rings is 1. The first-order valence-corrected chi connectivity index (χ1v) is 8.04. The van der Waals surface area contributed by atoms with Crippen LogP contribution < -0.4 is 10.1 Å². The second-order valence-electron chi connectivity index (χ2n) is 5.91. The Morgan fingerprint density at radius 1 is 1.43 bits per heavy atom. The predicted octanol–water partition coefficient (Wildman–Crippen LogP) is 1.64. The summed E-state index contributed by atoms with van der Waals surface area (Å²) in [6.45, 7) is 2.89. The van der Waals surface area contributed by atoms with Crippen LogP contribution in [0.2, 0.25) is 0 Å². The molecule has 2 aliphatic rings. The van der Waals surface area contributed by atoms with E-state index in [1.165, 1.54) is 0 Å². The van der Waals surface area contributed by atoms with Crippen molar-refractivity contribution in [3.05, 3.63) is 29.8 Å². The molecule has 6 heteroatoms. The third kappa shape index (κ3) is 4.16. The molecule has 0 radical (unpaired) electrons. The zero-order chi connectivity index (χ0) is 15.4. The zero-order valence-electron chi connectivity index (χ0n) is 13.5. The minimum absolute atomic E-state index is 0. The number of nitrogens with zero attached hydrogens (tertiary/aromatic N) is 1. The van der Waals surface area contributed by atoms with Gasteiger partial charge in [-0.25, -0.2) is 0 Å². The summed E-state index contributed by atoms with van der Waals surface area (Å²) in [4.78, 5) is 14.7. The molecule has 0 saturated carbocycles. The SMILES string of the molecule is COc1ccccc1CC1CCCN1C(=O)C1CNCCO1.Cl. The molecule has 2 atom stereocenters. The Morgan fingerprint density at radius 2 is 2.26 bits per heavy atom. The lowest BCUT2D eigenvalue weighted by atomic mass is 10.0. The molecule has 0 spiro atoms. The van der Waals surface area contributed by atoms with Gasteiger partial charge in [-0.3, -0.25) is 4.79 Å². The number of methoxy groups -OCH3 is 1. The highest BCUT2D eigenvalue weighted by Crippen LogP contribution is 2.26. The van der Waals surface area contributed by atoms with Crippen LogP contribution in [-0.2, 0) is 16.0 Å². The fourth-order valence-corrected chi connectivity index (χ4v) is 3.37. The largest absolute Gasteiger partial charge is 0.496 e. The Balaban J connectivity index is 0.00000192. The van der Waals surface area contributed by atoms with Gasteiger partial charge in [0.05, 0.1) is 13.7 Å². The molecule has 2 heterocycles. The van der Waals surface area contributed by atoms with Gasteiger partial charge >= 0.3 is 0 Å². The number of likely N-dealkylation sites (tertiary alicyclic amines) is 1. The van der Waals surface area contributed by atoms with Crippen LogP contribution in [0.5, 0.6) is 5.75 Å². The monoisotopic (exact) mass is 340 g/mol. The smallest absolute Gasteiger partial charge is 0.253 e. The van der Waals surface area contributed by atoms with Crippen LogP contribution in [0.3, 0.4) is 0 Å². The first-order chi connectivity index (χ1) is 10.8. The van der Waals surface area contributed by atoms with Gasteiger partial charge in [-0.15, -0.1) is 12.4 Å². The van der Waals surface area contributed by atoms with Crippen molar-refractivity contribution in [3.63, 3.8) is 0 Å². The highest BCUT2D eigenvalue weighted by Gasteiger charge is 2.34. The van der Waals surface area contributed by atoms with E-state index in [1.807, 2.05) is 23.1 Å². The molecule has 0 bridgehead atoms. The van der Waals surface area contributed by atoms with Crippen molar-refractivity contribution in [2.24, 2.45) is 0 Å². The van der Waals surface area contributed by atoms with E-state index in [0.717, 1.165) is 43.7 Å². The van der Waals surface area contributed by atoms with E-state index in [4.69, 9.17) is 9.47 Å². The second kappa shape index (κ2) is 8.52. The van der Waals surface area contributed by atoms with Gasteiger partial charge in [-0.05, 0) is 30.9 Å². The Bertz CT molecular complexity index is 520. The third-order valence-corrected chi connectivity index (χ3v) is 4.51. The van der Waals surface area contributed by atoms with Crippen LogP contribution in [0.1, 0.15) is 18.4 Å². The number of halogens is 1. The Kier molecular flexibility index (Phi) is 6.69. The van der Waals surface area contributed by atoms with Crippen LogP contribution in [0.15, 0.2) is 24.3 Å². The van der Waals surface area contributed by atoms with Gasteiger partial charge in [0.25, 0.3) is 5.91 Å². The zero-order valence-corrected chi connectivity index (χ0v) is 14.3. The third-order valence-electron chi connectivity index (χ3n) is 4.51. The standard InChI is InChI=1S/C17H24N2O3.ClH/c1-21-15-7-3-2-5-13(15)11-14-6-4-9-19(14)17(20)16-12-18-8-10-22-16;/h2-3,5,7,14,16,18H,4,6,8-12H2,1H3;1H. The highest BCUT2D eigenvalue weighted by atomic mass is 35.5. The topological polar surface area (TPSA) is 50.8 Å². The number of carbonyl (C=O) groups excluding carboxylic acids is 1. The van der Waals surface area contributed by atoms with Crippen molar-refractivity contribution >= 4 is 18.3 Å². The summed E-state index contributed by atoms with van der Waals surface area (Å²) in [5.41, 5.74) is 1.16. The summed E-state index contributed by atoms with van der Waals surface area (Å²) < 4.78 is 11.0. The minimum atomic E-state index is -0.327. The Hall–Kier alpha value is -1.30. The van der Waals surface area contributed by atoms with Gasteiger partial charge in [-0.1, -0.05) is 18.2 Å². The number of morpholine rings is 1. The van der Waals surface area contributed by atoms with Gasteiger partial charge in [0.1, 0.15) is 11.9 Å². The molecular formula is C17H25ClN2O3. The van der Waals surface area contributed by atoms with Crippen molar-refractivity contribution < 1.29 is 14.3 Å². The number of rotatable bonds is 4. The summed E-state index contributed by atoms with van der Waals surface area (Å²) in [5, 5.41) is 3.23. The minimum Gasteiger partial charge on any atom is -0.496 e. The maximum Gasteiger partial charge on any atom is 0.253 e. The molecular weight excluding hydrogens is 316 g/mol. The van der Waals surface area contributed by atoms with Gasteiger partial charge in [0.15, 0.2) is 0 Å². The average molecular weight is 341 g/mol. The number of hydrogen-bond acceptors (Lipinski definition) is 4. The molecule has 5 nitrogen and oxygen atoms in total. The molecule has 1 aromatic carbocycles. The fraction of sp³-hybridized carbons (Fsp3) is 0.588. The van der Waals surface area contributed by atoms with Gasteiger partial charge in [0, 0.05) is 25.7 Å². The molecule has 1 amide bonds. The molecule has 2 fully saturated rings. The van der Waals surface area contributed by atoms with Crippen molar-refractivity contribution in [2.45, 2.75) is 31.4 Å². The molecule has 23 heavy (non-hydrogen) atoms. The van der Waals surface area contributed by atoms with E-state index in [-0.39, 0.29) is 30.5 Å². The van der Waals surface area contributed by atoms with Crippen LogP contribution in [0, 0.1) is 0 Å². The second-order valence-corrected chi connectivity index (χ2v) is 5.91. The van der Waals surface area contributed by atoms with Gasteiger partial charge in [0.2, 0.25) is 0 Å². The van der Waals surface area contributed by atoms with Crippen LogP contribution in [-0.4, -0.2) is 56.3 Å². The summed E-state index contributed by atoms with van der Waals surface area (Å²) in [5.74, 6) is 1.03. The molecule has 1 N–H and O–H groups in total. The Morgan fingerprint density at radius 3 is 3.00 bits per heavy atom. The fourth-order valence-electron chi connectivity index (χ4n) is 3.37. The van der Waals surface area contributed by atoms with E-state index in [0.29, 0.717) is 13.2 Å². The molecule has 3 rings (SSSR count). The number of nitrogens with one attached hydrogen (secondary N) is 1. The number of ether oxygens (including phenoxy) is 2. The predicted molar refractivity (Wildman–Crippen MR) is 91.3 cm³/mol. The summed E-state index contributed by atoms with van der Waals surface area (Å²) >= 11 is 0. The molecule has 2 saturated heterocycles. The lowest BCUT2D eigenvalue weighted by molar-refractivity contribution is -0.146. The molecule has 0 aromatic heterocycles. The molecule has 2 aliphatic heterocycles. The van der Waals surface area contributed by atoms with E-state index in [9.17, 15) is 4.79 Å². The van der Waals surface area contributed by atoms with Crippen LogP contribution in [0.25, 0.3) is 0 Å². The van der Waals surface area contributed by atoms with Crippen molar-refractivity contribution in [1.82, 2.24) is 10.2 Å². The maximum atomic E-state index is 12.7. The first-order valence-electron chi connectivity index (χ1n) is 8.04. The molecule has 128 valence electrons. The van der Waals surface area contributed by atoms with E-state index >= 15 is 0 Å². The molecule has 2 unspecified atom stereocenters. The quantitative estimate of drug-likeness (QED) is 0.905. The van der Waals surface area contributed by atoms with Crippen molar-refractivity contribution in [2.75, 3.05) is 33.4 Å².